The molecule has 0 spiro atoms. The van der Waals surface area contributed by atoms with Crippen LogP contribution >= 0.6 is 0 Å². The van der Waals surface area contributed by atoms with E-state index in [1.54, 1.807) is 0 Å². The molecule has 2 heteroatoms. The monoisotopic (exact) mass is 180 g/mol. The minimum Gasteiger partial charge on any atom is -0.389 e. The summed E-state index contributed by atoms with van der Waals surface area (Å²) in [4.78, 5) is 11.6. The van der Waals surface area contributed by atoms with Gasteiger partial charge in [-0.05, 0) is 31.6 Å². The number of hydrogen-bond donors (Lipinski definition) is 1. The molecule has 2 saturated carbocycles. The Balaban J connectivity index is 2.28. The summed E-state index contributed by atoms with van der Waals surface area (Å²) in [7, 11) is 0. The van der Waals surface area contributed by atoms with E-state index in [-0.39, 0.29) is 17.6 Å². The molecule has 0 bridgehead atoms. The van der Waals surface area contributed by atoms with Crippen LogP contribution in [0.1, 0.15) is 32.1 Å². The summed E-state index contributed by atoms with van der Waals surface area (Å²) in [5.74, 6) is 0.327. The molecule has 2 fully saturated rings. The highest BCUT2D eigenvalue weighted by molar-refractivity contribution is 5.84. The number of rotatable bonds is 1. The Hall–Kier alpha value is -0.630. The smallest absolute Gasteiger partial charge is 0.139 e. The highest BCUT2D eigenvalue weighted by Crippen LogP contribution is 2.47. The molecule has 0 aromatic carbocycles. The van der Waals surface area contributed by atoms with E-state index in [1.807, 2.05) is 6.08 Å². The van der Waals surface area contributed by atoms with Crippen molar-refractivity contribution in [1.82, 2.24) is 0 Å². The first-order valence-electron chi connectivity index (χ1n) is 5.05. The molecular weight excluding hydrogens is 164 g/mol. The quantitative estimate of drug-likeness (QED) is 0.623. The second-order valence-electron chi connectivity index (χ2n) is 4.34. The van der Waals surface area contributed by atoms with E-state index < -0.39 is 5.60 Å². The number of fused-ring (bicyclic) bond motifs is 1. The zero-order valence-electron chi connectivity index (χ0n) is 7.83. The molecule has 0 aliphatic heterocycles. The SMILES string of the molecule is C=C[C@@H]1CC[C@]2(O)CCCC(=O)[C@H]12. The average Bonchev–Trinajstić information content (AvgIpc) is 2.43. The van der Waals surface area contributed by atoms with Crippen LogP contribution in [0, 0.1) is 11.8 Å². The van der Waals surface area contributed by atoms with Crippen molar-refractivity contribution < 1.29 is 9.90 Å². The fourth-order valence-electron chi connectivity index (χ4n) is 2.93. The van der Waals surface area contributed by atoms with Crippen molar-refractivity contribution >= 4 is 5.78 Å². The maximum Gasteiger partial charge on any atom is 0.139 e. The van der Waals surface area contributed by atoms with Crippen molar-refractivity contribution in [3.05, 3.63) is 12.7 Å². The van der Waals surface area contributed by atoms with Gasteiger partial charge in [0.25, 0.3) is 0 Å². The number of carbonyl (C=O) groups excluding carboxylic acids is 1. The van der Waals surface area contributed by atoms with E-state index in [4.69, 9.17) is 0 Å². The third-order valence-electron chi connectivity index (χ3n) is 3.60. The summed E-state index contributed by atoms with van der Waals surface area (Å²) in [6.07, 6.45) is 5.85. The molecule has 0 aromatic heterocycles. The van der Waals surface area contributed by atoms with Crippen molar-refractivity contribution in [1.29, 1.82) is 0 Å². The summed E-state index contributed by atoms with van der Waals surface area (Å²) >= 11 is 0. The van der Waals surface area contributed by atoms with Gasteiger partial charge in [-0.3, -0.25) is 4.79 Å². The molecule has 72 valence electrons. The Kier molecular flexibility index (Phi) is 2.03. The van der Waals surface area contributed by atoms with E-state index >= 15 is 0 Å². The molecular formula is C11H16O2. The van der Waals surface area contributed by atoms with Crippen LogP contribution in [0.4, 0.5) is 0 Å². The van der Waals surface area contributed by atoms with Gasteiger partial charge in [-0.1, -0.05) is 6.08 Å². The minimum atomic E-state index is -0.686. The number of carbonyl (C=O) groups is 1. The average molecular weight is 180 g/mol. The van der Waals surface area contributed by atoms with E-state index in [0.717, 1.165) is 25.7 Å². The van der Waals surface area contributed by atoms with Crippen molar-refractivity contribution in [2.75, 3.05) is 0 Å². The molecule has 2 aliphatic carbocycles. The molecule has 2 nitrogen and oxygen atoms in total. The van der Waals surface area contributed by atoms with Crippen LogP contribution in [0.25, 0.3) is 0 Å². The van der Waals surface area contributed by atoms with Gasteiger partial charge in [0.1, 0.15) is 5.78 Å². The van der Waals surface area contributed by atoms with Gasteiger partial charge in [-0.2, -0.15) is 0 Å². The first-order chi connectivity index (χ1) is 6.17. The van der Waals surface area contributed by atoms with Gasteiger partial charge in [-0.25, -0.2) is 0 Å². The van der Waals surface area contributed by atoms with Crippen LogP contribution in [0.3, 0.4) is 0 Å². The fourth-order valence-corrected chi connectivity index (χ4v) is 2.93. The number of Topliss-reactive ketones (excluding diaryl/α,β-unsaturated/α-hetero) is 1. The molecule has 0 radical (unpaired) electrons. The van der Waals surface area contributed by atoms with Gasteiger partial charge >= 0.3 is 0 Å². The Morgan fingerprint density at radius 1 is 1.54 bits per heavy atom. The van der Waals surface area contributed by atoms with E-state index in [2.05, 4.69) is 6.58 Å². The fraction of sp³-hybridized carbons (Fsp3) is 0.727. The van der Waals surface area contributed by atoms with E-state index in [0.29, 0.717) is 6.42 Å². The summed E-state index contributed by atoms with van der Waals surface area (Å²) in [5, 5.41) is 10.2. The lowest BCUT2D eigenvalue weighted by molar-refractivity contribution is -0.136. The Morgan fingerprint density at radius 3 is 3.00 bits per heavy atom. The Labute approximate surface area is 78.6 Å². The Bertz CT molecular complexity index is 246. The van der Waals surface area contributed by atoms with Gasteiger partial charge in [0.05, 0.1) is 11.5 Å². The number of aliphatic hydroxyl groups is 1. The van der Waals surface area contributed by atoms with Gasteiger partial charge in [0.2, 0.25) is 0 Å². The highest BCUT2D eigenvalue weighted by atomic mass is 16.3. The zero-order valence-corrected chi connectivity index (χ0v) is 7.83. The lowest BCUT2D eigenvalue weighted by Crippen LogP contribution is -2.43. The number of allylic oxidation sites excluding steroid dienone is 1. The molecule has 13 heavy (non-hydrogen) atoms. The van der Waals surface area contributed by atoms with Crippen LogP contribution in [-0.4, -0.2) is 16.5 Å². The molecule has 1 N–H and O–H groups in total. The standard InChI is InChI=1S/C11H16O2/c1-2-8-5-7-11(13)6-3-4-9(12)10(8)11/h2,8,10,13H,1,3-7H2/t8-,10+,11-/m1/s1. The Morgan fingerprint density at radius 2 is 2.31 bits per heavy atom. The number of hydrogen-bond acceptors (Lipinski definition) is 2. The molecule has 2 rings (SSSR count). The first-order valence-corrected chi connectivity index (χ1v) is 5.05. The summed E-state index contributed by atoms with van der Waals surface area (Å²) in [5.41, 5.74) is -0.686. The molecule has 2 aliphatic rings. The normalized spacial score (nSPS) is 44.5. The maximum absolute atomic E-state index is 11.6. The predicted octanol–water partition coefficient (Wildman–Crippen LogP) is 1.68. The summed E-state index contributed by atoms with van der Waals surface area (Å²) in [6.45, 7) is 3.74. The molecule has 0 unspecified atom stereocenters. The maximum atomic E-state index is 11.6. The molecule has 0 saturated heterocycles. The largest absolute Gasteiger partial charge is 0.389 e. The van der Waals surface area contributed by atoms with E-state index in [1.165, 1.54) is 0 Å². The first kappa shape index (κ1) is 8.95. The predicted molar refractivity (Wildman–Crippen MR) is 50.2 cm³/mol. The van der Waals surface area contributed by atoms with E-state index in [9.17, 15) is 9.90 Å². The molecule has 0 heterocycles. The minimum absolute atomic E-state index is 0.140. The van der Waals surface area contributed by atoms with Gasteiger partial charge in [-0.15, -0.1) is 6.58 Å². The second kappa shape index (κ2) is 2.95. The summed E-state index contributed by atoms with van der Waals surface area (Å²) in [6, 6.07) is 0. The lowest BCUT2D eigenvalue weighted by atomic mass is 9.74. The topological polar surface area (TPSA) is 37.3 Å². The summed E-state index contributed by atoms with van der Waals surface area (Å²) < 4.78 is 0. The van der Waals surface area contributed by atoms with Gasteiger partial charge in [0, 0.05) is 6.42 Å². The zero-order chi connectivity index (χ0) is 9.47. The second-order valence-corrected chi connectivity index (χ2v) is 4.34. The third-order valence-corrected chi connectivity index (χ3v) is 3.60. The molecule has 0 amide bonds. The molecule has 3 atom stereocenters. The van der Waals surface area contributed by atoms with Gasteiger partial charge < -0.3 is 5.11 Å². The van der Waals surface area contributed by atoms with Crippen molar-refractivity contribution in [2.45, 2.75) is 37.7 Å². The highest BCUT2D eigenvalue weighted by Gasteiger charge is 2.51. The van der Waals surface area contributed by atoms with Crippen molar-refractivity contribution in [3.8, 4) is 0 Å². The van der Waals surface area contributed by atoms with Crippen LogP contribution < -0.4 is 0 Å². The van der Waals surface area contributed by atoms with Crippen LogP contribution in [0.2, 0.25) is 0 Å². The van der Waals surface area contributed by atoms with Crippen LogP contribution in [0.5, 0.6) is 0 Å². The lowest BCUT2D eigenvalue weighted by Gasteiger charge is -2.35. The van der Waals surface area contributed by atoms with Crippen molar-refractivity contribution in [3.63, 3.8) is 0 Å². The number of ketones is 1. The molecule has 0 aromatic rings. The van der Waals surface area contributed by atoms with Crippen LogP contribution in [0.15, 0.2) is 12.7 Å². The van der Waals surface area contributed by atoms with Crippen LogP contribution in [-0.2, 0) is 4.79 Å². The van der Waals surface area contributed by atoms with Crippen molar-refractivity contribution in [2.24, 2.45) is 11.8 Å². The van der Waals surface area contributed by atoms with Gasteiger partial charge in [0.15, 0.2) is 0 Å². The third kappa shape index (κ3) is 1.24.